The van der Waals surface area contributed by atoms with E-state index >= 15 is 0 Å². The summed E-state index contributed by atoms with van der Waals surface area (Å²) in [5, 5.41) is 5.69. The summed E-state index contributed by atoms with van der Waals surface area (Å²) in [5.41, 5.74) is 3.08. The van der Waals surface area contributed by atoms with E-state index in [-0.39, 0.29) is 17.9 Å². The van der Waals surface area contributed by atoms with Gasteiger partial charge in [-0.1, -0.05) is 48.9 Å². The van der Waals surface area contributed by atoms with E-state index in [1.54, 1.807) is 30.3 Å². The predicted octanol–water partition coefficient (Wildman–Crippen LogP) is 4.18. The molecule has 4 nitrogen and oxygen atoms in total. The van der Waals surface area contributed by atoms with Crippen LogP contribution < -0.4 is 10.6 Å². The molecule has 2 amide bonds. The molecular formula is C21H24N2O2. The average molecular weight is 336 g/mol. The van der Waals surface area contributed by atoms with Gasteiger partial charge in [0.2, 0.25) is 5.91 Å². The van der Waals surface area contributed by atoms with Crippen molar-refractivity contribution in [3.63, 3.8) is 0 Å². The van der Waals surface area contributed by atoms with Gasteiger partial charge in [0.1, 0.15) is 0 Å². The molecule has 4 heteroatoms. The summed E-state index contributed by atoms with van der Waals surface area (Å²) >= 11 is 0. The van der Waals surface area contributed by atoms with Crippen molar-refractivity contribution in [2.24, 2.45) is 0 Å². The van der Waals surface area contributed by atoms with Crippen molar-refractivity contribution in [3.05, 3.63) is 71.3 Å². The lowest BCUT2D eigenvalue weighted by molar-refractivity contribution is -0.111. The summed E-state index contributed by atoms with van der Waals surface area (Å²) < 4.78 is 0. The molecule has 1 atom stereocenters. The first-order valence-corrected chi connectivity index (χ1v) is 8.45. The van der Waals surface area contributed by atoms with Crippen LogP contribution in [0.25, 0.3) is 6.08 Å². The maximum Gasteiger partial charge on any atom is 0.253 e. The van der Waals surface area contributed by atoms with E-state index in [2.05, 4.69) is 10.6 Å². The zero-order valence-electron chi connectivity index (χ0n) is 14.9. The molecular weight excluding hydrogens is 312 g/mol. The second-order valence-corrected chi connectivity index (χ2v) is 6.06. The normalized spacial score (nSPS) is 12.0. The van der Waals surface area contributed by atoms with Gasteiger partial charge in [0, 0.05) is 12.1 Å². The van der Waals surface area contributed by atoms with Crippen LogP contribution in [0.15, 0.2) is 54.6 Å². The molecule has 0 radical (unpaired) electrons. The first-order chi connectivity index (χ1) is 12.0. The van der Waals surface area contributed by atoms with Crippen molar-refractivity contribution >= 4 is 23.6 Å². The van der Waals surface area contributed by atoms with Gasteiger partial charge in [-0.25, -0.2) is 0 Å². The molecule has 0 saturated heterocycles. The lowest BCUT2D eigenvalue weighted by Gasteiger charge is -2.14. The number of carbonyl (C=O) groups excluding carboxylic acids is 2. The minimum atomic E-state index is -0.274. The van der Waals surface area contributed by atoms with Crippen LogP contribution in [0, 0.1) is 6.92 Å². The fourth-order valence-corrected chi connectivity index (χ4v) is 2.22. The van der Waals surface area contributed by atoms with E-state index in [0.717, 1.165) is 12.0 Å². The van der Waals surface area contributed by atoms with Crippen LogP contribution in [0.5, 0.6) is 0 Å². The fourth-order valence-electron chi connectivity index (χ4n) is 2.22. The molecule has 2 rings (SSSR count). The second-order valence-electron chi connectivity index (χ2n) is 6.06. The van der Waals surface area contributed by atoms with Gasteiger partial charge in [0.15, 0.2) is 0 Å². The van der Waals surface area contributed by atoms with Crippen molar-refractivity contribution in [3.8, 4) is 0 Å². The Morgan fingerprint density at radius 2 is 1.76 bits per heavy atom. The van der Waals surface area contributed by atoms with E-state index < -0.39 is 0 Å². The first-order valence-electron chi connectivity index (χ1n) is 8.45. The van der Waals surface area contributed by atoms with Crippen LogP contribution in [0.1, 0.15) is 41.8 Å². The van der Waals surface area contributed by atoms with Crippen LogP contribution in [-0.4, -0.2) is 17.9 Å². The van der Waals surface area contributed by atoms with E-state index in [1.165, 1.54) is 11.6 Å². The van der Waals surface area contributed by atoms with Crippen molar-refractivity contribution in [1.82, 2.24) is 5.32 Å². The Balaban J connectivity index is 2.08. The van der Waals surface area contributed by atoms with Gasteiger partial charge in [0.25, 0.3) is 5.91 Å². The highest BCUT2D eigenvalue weighted by molar-refractivity contribution is 6.07. The second kappa shape index (κ2) is 8.83. The average Bonchev–Trinajstić information content (AvgIpc) is 2.61. The van der Waals surface area contributed by atoms with Gasteiger partial charge in [-0.2, -0.15) is 0 Å². The Morgan fingerprint density at radius 1 is 1.08 bits per heavy atom. The number of aryl methyl sites for hydroxylation is 1. The molecule has 0 aliphatic heterocycles. The molecule has 0 fully saturated rings. The Hall–Kier alpha value is -2.88. The van der Waals surface area contributed by atoms with E-state index in [1.807, 2.05) is 45.0 Å². The summed E-state index contributed by atoms with van der Waals surface area (Å²) in [6.07, 6.45) is 4.06. The third-order valence-corrected chi connectivity index (χ3v) is 3.92. The number of nitrogens with one attached hydrogen (secondary N) is 2. The molecule has 0 saturated carbocycles. The highest BCUT2D eigenvalue weighted by atomic mass is 16.2. The summed E-state index contributed by atoms with van der Waals surface area (Å²) in [6, 6.07) is 15.0. The Bertz CT molecular complexity index is 764. The van der Waals surface area contributed by atoms with Gasteiger partial charge in [-0.05, 0) is 44.0 Å². The van der Waals surface area contributed by atoms with Crippen LogP contribution in [-0.2, 0) is 4.79 Å². The summed E-state index contributed by atoms with van der Waals surface area (Å²) in [4.78, 5) is 24.5. The number of benzene rings is 2. The van der Waals surface area contributed by atoms with Crippen LogP contribution in [0.3, 0.4) is 0 Å². The third kappa shape index (κ3) is 5.60. The fraction of sp³-hybridized carbons (Fsp3) is 0.238. The molecule has 2 aromatic rings. The summed E-state index contributed by atoms with van der Waals surface area (Å²) in [6.45, 7) is 5.97. The number of para-hydroxylation sites is 1. The predicted molar refractivity (Wildman–Crippen MR) is 103 cm³/mol. The minimum Gasteiger partial charge on any atom is -0.350 e. The number of hydrogen-bond donors (Lipinski definition) is 2. The molecule has 0 aliphatic carbocycles. The van der Waals surface area contributed by atoms with Gasteiger partial charge >= 0.3 is 0 Å². The van der Waals surface area contributed by atoms with Crippen molar-refractivity contribution in [2.45, 2.75) is 33.2 Å². The maximum atomic E-state index is 12.3. The number of amides is 2. The molecule has 0 bridgehead atoms. The smallest absolute Gasteiger partial charge is 0.253 e. The minimum absolute atomic E-state index is 0.0812. The Morgan fingerprint density at radius 3 is 2.44 bits per heavy atom. The highest BCUT2D eigenvalue weighted by Crippen LogP contribution is 2.15. The van der Waals surface area contributed by atoms with Gasteiger partial charge in [-0.15, -0.1) is 0 Å². The van der Waals surface area contributed by atoms with E-state index in [4.69, 9.17) is 0 Å². The van der Waals surface area contributed by atoms with Crippen LogP contribution in [0.4, 0.5) is 5.69 Å². The third-order valence-electron chi connectivity index (χ3n) is 3.92. The molecule has 0 unspecified atom stereocenters. The van der Waals surface area contributed by atoms with Crippen LogP contribution in [0.2, 0.25) is 0 Å². The van der Waals surface area contributed by atoms with Crippen LogP contribution >= 0.6 is 0 Å². The molecule has 0 spiro atoms. The topological polar surface area (TPSA) is 58.2 Å². The van der Waals surface area contributed by atoms with Gasteiger partial charge in [-0.3, -0.25) is 9.59 Å². The number of rotatable bonds is 6. The Kier molecular flexibility index (Phi) is 6.52. The quantitative estimate of drug-likeness (QED) is 0.778. The van der Waals surface area contributed by atoms with Crippen molar-refractivity contribution in [2.75, 3.05) is 5.32 Å². The zero-order chi connectivity index (χ0) is 18.2. The number of carbonyl (C=O) groups is 2. The lowest BCUT2D eigenvalue weighted by atomic mass is 10.1. The van der Waals surface area contributed by atoms with Crippen molar-refractivity contribution < 1.29 is 9.59 Å². The standard InChI is InChI=1S/C21H24N2O2/c1-4-16(3)22-21(25)18-7-5-6-8-19(18)23-20(24)14-13-17-11-9-15(2)10-12-17/h5-14,16H,4H2,1-3H3,(H,22,25)(H,23,24)/b14-13+/t16-/m0/s1. The van der Waals surface area contributed by atoms with Gasteiger partial charge in [0.05, 0.1) is 11.3 Å². The summed E-state index contributed by atoms with van der Waals surface area (Å²) in [7, 11) is 0. The summed E-state index contributed by atoms with van der Waals surface area (Å²) in [5.74, 6) is -0.461. The first kappa shape index (κ1) is 18.5. The Labute approximate surface area is 149 Å². The van der Waals surface area contributed by atoms with E-state index in [0.29, 0.717) is 11.3 Å². The molecule has 0 aromatic heterocycles. The largest absolute Gasteiger partial charge is 0.350 e. The number of hydrogen-bond acceptors (Lipinski definition) is 2. The van der Waals surface area contributed by atoms with Crippen molar-refractivity contribution in [1.29, 1.82) is 0 Å². The highest BCUT2D eigenvalue weighted by Gasteiger charge is 2.13. The number of anilines is 1. The molecule has 25 heavy (non-hydrogen) atoms. The lowest BCUT2D eigenvalue weighted by Crippen LogP contribution is -2.32. The maximum absolute atomic E-state index is 12.3. The molecule has 130 valence electrons. The molecule has 2 N–H and O–H groups in total. The van der Waals surface area contributed by atoms with E-state index in [9.17, 15) is 9.59 Å². The molecule has 2 aromatic carbocycles. The molecule has 0 aliphatic rings. The monoisotopic (exact) mass is 336 g/mol. The van der Waals surface area contributed by atoms with Gasteiger partial charge < -0.3 is 10.6 Å². The SMILES string of the molecule is CC[C@H](C)NC(=O)c1ccccc1NC(=O)/C=C/c1ccc(C)cc1. The molecule has 0 heterocycles. The zero-order valence-corrected chi connectivity index (χ0v) is 14.9.